The number of rotatable bonds is 3. The Kier molecular flexibility index (Phi) is 7.17. The van der Waals surface area contributed by atoms with E-state index >= 15 is 0 Å². The van der Waals surface area contributed by atoms with Crippen molar-refractivity contribution in [3.63, 3.8) is 0 Å². The third-order valence-corrected chi connectivity index (χ3v) is 7.58. The first kappa shape index (κ1) is 27.2. The summed E-state index contributed by atoms with van der Waals surface area (Å²) in [4.78, 5) is 34.1. The fourth-order valence-corrected chi connectivity index (χ4v) is 5.19. The van der Waals surface area contributed by atoms with Gasteiger partial charge in [0.2, 0.25) is 0 Å². The molecule has 0 radical (unpaired) electrons. The van der Waals surface area contributed by atoms with Gasteiger partial charge in [-0.3, -0.25) is 4.79 Å². The monoisotopic (exact) mass is 557 g/mol. The fourth-order valence-electron chi connectivity index (χ4n) is 5.07. The van der Waals surface area contributed by atoms with Crippen molar-refractivity contribution < 1.29 is 23.5 Å². The molecule has 208 valence electrons. The van der Waals surface area contributed by atoms with E-state index in [1.165, 1.54) is 18.2 Å². The van der Waals surface area contributed by atoms with Crippen molar-refractivity contribution in [3.8, 4) is 5.75 Å². The summed E-state index contributed by atoms with van der Waals surface area (Å²) in [6, 6.07) is 3.99. The third kappa shape index (κ3) is 5.52. The molecule has 0 bridgehead atoms. The number of fused-ring (bicyclic) bond motifs is 3. The highest BCUT2D eigenvalue weighted by molar-refractivity contribution is 6.31. The number of ether oxygens (including phenoxy) is 2. The molecule has 9 nitrogen and oxygen atoms in total. The first-order valence-corrected chi connectivity index (χ1v) is 13.6. The van der Waals surface area contributed by atoms with Crippen molar-refractivity contribution in [3.05, 3.63) is 57.2 Å². The molecule has 2 aliphatic heterocycles. The summed E-state index contributed by atoms with van der Waals surface area (Å²) in [6.45, 7) is 10.9. The molecule has 3 aromatic rings. The smallest absolute Gasteiger partial charge is 0.410 e. The molecule has 39 heavy (non-hydrogen) atoms. The molecule has 0 unspecified atom stereocenters. The van der Waals surface area contributed by atoms with Crippen LogP contribution < -0.4 is 4.74 Å². The van der Waals surface area contributed by atoms with E-state index in [1.807, 2.05) is 34.6 Å². The molecule has 11 heteroatoms. The number of amides is 2. The van der Waals surface area contributed by atoms with Gasteiger partial charge < -0.3 is 19.3 Å². The topological polar surface area (TPSA) is 89.3 Å². The van der Waals surface area contributed by atoms with E-state index in [2.05, 4.69) is 10.1 Å². The number of likely N-dealkylation sites (tertiary alicyclic amines) is 1. The molecule has 1 atom stereocenters. The summed E-state index contributed by atoms with van der Waals surface area (Å²) in [5.41, 5.74) is 3.54. The third-order valence-electron chi connectivity index (χ3n) is 7.04. The highest BCUT2D eigenvalue weighted by Crippen LogP contribution is 2.32. The summed E-state index contributed by atoms with van der Waals surface area (Å²) in [5, 5.41) is 5.21. The van der Waals surface area contributed by atoms with Crippen LogP contribution in [0.3, 0.4) is 0 Å². The maximum Gasteiger partial charge on any atom is 0.410 e. The number of halogens is 2. The Labute approximate surface area is 231 Å². The predicted molar refractivity (Wildman–Crippen MR) is 144 cm³/mol. The number of carbonyl (C=O) groups is 2. The van der Waals surface area contributed by atoms with Gasteiger partial charge in [0.1, 0.15) is 23.3 Å². The van der Waals surface area contributed by atoms with E-state index in [4.69, 9.17) is 21.1 Å². The SMILES string of the molecule is Cc1nc2c3c(nn2c(C)c1Cl)CN(C(=O)c1ccc(F)cc1O[C@H]1CCCN(C(=O)OC(C)(C)C)CC1)C3. The summed E-state index contributed by atoms with van der Waals surface area (Å²) in [5.74, 6) is -0.557. The van der Waals surface area contributed by atoms with E-state index < -0.39 is 11.4 Å². The normalized spacial score (nSPS) is 17.8. The molecule has 4 heterocycles. The van der Waals surface area contributed by atoms with Gasteiger partial charge >= 0.3 is 6.09 Å². The minimum Gasteiger partial charge on any atom is -0.489 e. The van der Waals surface area contributed by atoms with Crippen LogP contribution in [0.4, 0.5) is 9.18 Å². The lowest BCUT2D eigenvalue weighted by molar-refractivity contribution is 0.0252. The molecular weight excluding hydrogens is 525 g/mol. The van der Waals surface area contributed by atoms with Crippen LogP contribution in [0.1, 0.15) is 73.0 Å². The van der Waals surface area contributed by atoms with Crippen LogP contribution >= 0.6 is 11.6 Å². The summed E-state index contributed by atoms with van der Waals surface area (Å²) in [6.07, 6.45) is 1.29. The molecule has 0 spiro atoms. The molecule has 2 amide bonds. The minimum absolute atomic E-state index is 0.200. The number of nitrogens with zero attached hydrogens (tertiary/aromatic N) is 5. The molecule has 2 aromatic heterocycles. The van der Waals surface area contributed by atoms with Crippen molar-refractivity contribution in [1.82, 2.24) is 24.4 Å². The number of aryl methyl sites for hydroxylation is 2. The Balaban J connectivity index is 1.31. The van der Waals surface area contributed by atoms with Crippen molar-refractivity contribution in [2.45, 2.75) is 78.7 Å². The average Bonchev–Trinajstić information content (AvgIpc) is 3.32. The number of benzene rings is 1. The van der Waals surface area contributed by atoms with Crippen LogP contribution in [0, 0.1) is 19.7 Å². The summed E-state index contributed by atoms with van der Waals surface area (Å²) < 4.78 is 27.7. The molecule has 5 rings (SSSR count). The maximum absolute atomic E-state index is 14.3. The van der Waals surface area contributed by atoms with Crippen LogP contribution in [0.15, 0.2) is 18.2 Å². The number of carbonyl (C=O) groups excluding carboxylic acids is 2. The van der Waals surface area contributed by atoms with E-state index in [9.17, 15) is 14.0 Å². The highest BCUT2D eigenvalue weighted by Gasteiger charge is 2.32. The lowest BCUT2D eigenvalue weighted by Gasteiger charge is -2.26. The van der Waals surface area contributed by atoms with Gasteiger partial charge in [0.05, 0.1) is 40.8 Å². The van der Waals surface area contributed by atoms with Crippen LogP contribution in [-0.4, -0.2) is 61.2 Å². The lowest BCUT2D eigenvalue weighted by Crippen LogP contribution is -2.37. The van der Waals surface area contributed by atoms with Gasteiger partial charge in [-0.15, -0.1) is 0 Å². The molecule has 1 aromatic carbocycles. The van der Waals surface area contributed by atoms with Gasteiger partial charge in [0.25, 0.3) is 5.91 Å². The Bertz CT molecular complexity index is 1450. The van der Waals surface area contributed by atoms with Crippen molar-refractivity contribution in [2.75, 3.05) is 13.1 Å². The predicted octanol–water partition coefficient (Wildman–Crippen LogP) is 5.46. The Morgan fingerprint density at radius 3 is 2.62 bits per heavy atom. The maximum atomic E-state index is 14.3. The van der Waals surface area contributed by atoms with Gasteiger partial charge in [-0.25, -0.2) is 18.7 Å². The number of aromatic nitrogens is 3. The summed E-state index contributed by atoms with van der Waals surface area (Å²) in [7, 11) is 0. The second-order valence-corrected chi connectivity index (χ2v) is 11.6. The van der Waals surface area contributed by atoms with E-state index in [0.717, 1.165) is 17.0 Å². The van der Waals surface area contributed by atoms with Crippen molar-refractivity contribution in [1.29, 1.82) is 0 Å². The molecular formula is C28H33ClFN5O4. The van der Waals surface area contributed by atoms with Gasteiger partial charge in [-0.1, -0.05) is 11.6 Å². The second-order valence-electron chi connectivity index (χ2n) is 11.2. The van der Waals surface area contributed by atoms with Crippen LogP contribution in [0.5, 0.6) is 5.75 Å². The molecule has 0 saturated carbocycles. The average molecular weight is 558 g/mol. The molecule has 0 N–H and O–H groups in total. The summed E-state index contributed by atoms with van der Waals surface area (Å²) >= 11 is 6.35. The first-order valence-electron chi connectivity index (χ1n) is 13.2. The Morgan fingerprint density at radius 1 is 1.10 bits per heavy atom. The van der Waals surface area contributed by atoms with Crippen LogP contribution in [0.25, 0.3) is 5.65 Å². The first-order chi connectivity index (χ1) is 18.4. The van der Waals surface area contributed by atoms with Gasteiger partial charge in [-0.2, -0.15) is 5.10 Å². The van der Waals surface area contributed by atoms with E-state index in [0.29, 0.717) is 61.8 Å². The highest BCUT2D eigenvalue weighted by atomic mass is 35.5. The van der Waals surface area contributed by atoms with Gasteiger partial charge in [0.15, 0.2) is 5.65 Å². The minimum atomic E-state index is -0.574. The van der Waals surface area contributed by atoms with Gasteiger partial charge in [-0.05, 0) is 59.6 Å². The van der Waals surface area contributed by atoms with E-state index in [-0.39, 0.29) is 29.4 Å². The number of hydrogen-bond acceptors (Lipinski definition) is 6. The molecule has 2 aliphatic rings. The van der Waals surface area contributed by atoms with Crippen molar-refractivity contribution >= 4 is 29.2 Å². The van der Waals surface area contributed by atoms with Crippen molar-refractivity contribution in [2.24, 2.45) is 0 Å². The largest absolute Gasteiger partial charge is 0.489 e. The second kappa shape index (κ2) is 10.3. The molecule has 0 aliphatic carbocycles. The zero-order chi connectivity index (χ0) is 28.1. The van der Waals surface area contributed by atoms with Gasteiger partial charge in [0, 0.05) is 31.1 Å². The zero-order valence-corrected chi connectivity index (χ0v) is 23.6. The standard InChI is InChI=1S/C28H33ClFN5O4/c1-16-24(29)17(2)35-25(31-16)21-14-34(15-22(21)32-35)26(36)20-9-8-18(30)13-23(20)38-19-7-6-11-33(12-10-19)27(37)39-28(3,4)5/h8-9,13,19H,6-7,10-12,14-15H2,1-5H3/t19-/m0/s1. The Hall–Kier alpha value is -3.40. The Morgan fingerprint density at radius 2 is 1.87 bits per heavy atom. The quantitative estimate of drug-likeness (QED) is 0.425. The van der Waals surface area contributed by atoms with E-state index in [1.54, 1.807) is 14.3 Å². The molecule has 1 fully saturated rings. The number of hydrogen-bond donors (Lipinski definition) is 0. The zero-order valence-electron chi connectivity index (χ0n) is 22.9. The van der Waals surface area contributed by atoms with Crippen LogP contribution in [-0.2, 0) is 17.8 Å². The molecule has 1 saturated heterocycles. The lowest BCUT2D eigenvalue weighted by atomic mass is 10.1. The van der Waals surface area contributed by atoms with Crippen LogP contribution in [0.2, 0.25) is 5.02 Å². The fraction of sp³-hybridized carbons (Fsp3) is 0.500.